The van der Waals surface area contributed by atoms with Gasteiger partial charge in [0.1, 0.15) is 17.7 Å². The van der Waals surface area contributed by atoms with E-state index >= 15 is 0 Å². The summed E-state index contributed by atoms with van der Waals surface area (Å²) in [6.07, 6.45) is 1.39. The zero-order valence-electron chi connectivity index (χ0n) is 21.8. The predicted octanol–water partition coefficient (Wildman–Crippen LogP) is 2.60. The maximum Gasteiger partial charge on any atom is 0.295 e. The number of hydrogen-bond acceptors (Lipinski definition) is 5. The standard InChI is InChI=1S/C28H31FN4O5/c1-15(2)25(35)30(4)11-12-32-24(18-6-7-18)33-22(27(32)37)19-9-10-31(26(36)21(19)23(34)28(33)38)14-17-5-8-20(29)16(3)13-17/h5,8,13,18,24,34H,1,6-7,9-12,14H2,2-4H3. The van der Waals surface area contributed by atoms with Crippen molar-refractivity contribution >= 4 is 17.7 Å². The second-order valence-corrected chi connectivity index (χ2v) is 10.5. The second kappa shape index (κ2) is 9.41. The molecule has 2 aliphatic heterocycles. The Labute approximate surface area is 219 Å². The van der Waals surface area contributed by atoms with E-state index in [1.54, 1.807) is 37.9 Å². The Morgan fingerprint density at radius 2 is 1.92 bits per heavy atom. The van der Waals surface area contributed by atoms with Crippen LogP contribution in [0.3, 0.4) is 0 Å². The third-order valence-corrected chi connectivity index (χ3v) is 7.69. The summed E-state index contributed by atoms with van der Waals surface area (Å²) >= 11 is 0. The Hall–Kier alpha value is -3.95. The minimum Gasteiger partial charge on any atom is -0.502 e. The number of rotatable bonds is 7. The van der Waals surface area contributed by atoms with Crippen molar-refractivity contribution in [3.05, 3.63) is 74.5 Å². The molecule has 1 N–H and O–H groups in total. The van der Waals surface area contributed by atoms with Crippen molar-refractivity contribution in [1.29, 1.82) is 0 Å². The van der Waals surface area contributed by atoms with Gasteiger partial charge in [0.2, 0.25) is 5.91 Å². The summed E-state index contributed by atoms with van der Waals surface area (Å²) < 4.78 is 15.1. The zero-order chi connectivity index (χ0) is 27.5. The lowest BCUT2D eigenvalue weighted by Gasteiger charge is -2.30. The first-order chi connectivity index (χ1) is 18.0. The first-order valence-corrected chi connectivity index (χ1v) is 12.8. The molecule has 0 saturated heterocycles. The first kappa shape index (κ1) is 25.7. The van der Waals surface area contributed by atoms with Crippen LogP contribution in [0.1, 0.15) is 63.5 Å². The summed E-state index contributed by atoms with van der Waals surface area (Å²) in [5.41, 5.74) is 1.20. The molecule has 3 amide bonds. The van der Waals surface area contributed by atoms with Crippen molar-refractivity contribution in [2.24, 2.45) is 5.92 Å². The van der Waals surface area contributed by atoms with Crippen molar-refractivity contribution < 1.29 is 23.9 Å². The molecule has 5 rings (SSSR count). The van der Waals surface area contributed by atoms with Gasteiger partial charge in [0.05, 0.1) is 5.56 Å². The molecule has 0 bridgehead atoms. The van der Waals surface area contributed by atoms with Crippen molar-refractivity contribution in [2.75, 3.05) is 26.7 Å². The quantitative estimate of drug-likeness (QED) is 0.563. The van der Waals surface area contributed by atoms with Gasteiger partial charge >= 0.3 is 0 Å². The molecule has 1 unspecified atom stereocenters. The minimum atomic E-state index is -0.759. The van der Waals surface area contributed by atoms with E-state index in [0.29, 0.717) is 16.7 Å². The molecule has 0 radical (unpaired) electrons. The third-order valence-electron chi connectivity index (χ3n) is 7.69. The molecule has 9 nitrogen and oxygen atoms in total. The van der Waals surface area contributed by atoms with Crippen LogP contribution < -0.4 is 5.56 Å². The number of amides is 3. The van der Waals surface area contributed by atoms with Gasteiger partial charge in [-0.2, -0.15) is 0 Å². The highest BCUT2D eigenvalue weighted by atomic mass is 19.1. The molecule has 3 aliphatic rings. The van der Waals surface area contributed by atoms with Crippen molar-refractivity contribution in [2.45, 2.75) is 45.8 Å². The van der Waals surface area contributed by atoms with Crippen LogP contribution in [0.4, 0.5) is 4.39 Å². The topological polar surface area (TPSA) is 103 Å². The molecule has 10 heteroatoms. The van der Waals surface area contributed by atoms with E-state index in [1.807, 2.05) is 0 Å². The number of fused-ring (bicyclic) bond motifs is 3. The molecule has 0 spiro atoms. The van der Waals surface area contributed by atoms with Crippen LogP contribution in [0.15, 0.2) is 35.1 Å². The van der Waals surface area contributed by atoms with Crippen molar-refractivity contribution in [1.82, 2.24) is 19.3 Å². The van der Waals surface area contributed by atoms with Gasteiger partial charge in [-0.3, -0.25) is 23.7 Å². The number of carbonyl (C=O) groups excluding carboxylic acids is 3. The van der Waals surface area contributed by atoms with E-state index < -0.39 is 23.4 Å². The number of aromatic hydroxyl groups is 1. The number of nitrogens with zero attached hydrogens (tertiary/aromatic N) is 4. The van der Waals surface area contributed by atoms with Crippen LogP contribution in [0, 0.1) is 18.7 Å². The average molecular weight is 523 g/mol. The fourth-order valence-electron chi connectivity index (χ4n) is 5.54. The smallest absolute Gasteiger partial charge is 0.295 e. The third kappa shape index (κ3) is 4.17. The van der Waals surface area contributed by atoms with Crippen molar-refractivity contribution in [3.63, 3.8) is 0 Å². The van der Waals surface area contributed by atoms with Crippen LogP contribution in [-0.4, -0.2) is 68.8 Å². The fourth-order valence-corrected chi connectivity index (χ4v) is 5.54. The van der Waals surface area contributed by atoms with Crippen LogP contribution in [0.2, 0.25) is 0 Å². The van der Waals surface area contributed by atoms with E-state index in [9.17, 15) is 28.7 Å². The molecule has 1 aliphatic carbocycles. The molecular formula is C28H31FN4O5. The lowest BCUT2D eigenvalue weighted by molar-refractivity contribution is -0.126. The Morgan fingerprint density at radius 3 is 2.55 bits per heavy atom. The number of halogens is 1. The lowest BCUT2D eigenvalue weighted by atomic mass is 9.95. The molecule has 1 fully saturated rings. The number of carbonyl (C=O) groups is 3. The fraction of sp³-hybridized carbons (Fsp3) is 0.429. The van der Waals surface area contributed by atoms with Gasteiger partial charge < -0.3 is 19.8 Å². The molecule has 38 heavy (non-hydrogen) atoms. The zero-order valence-corrected chi connectivity index (χ0v) is 21.8. The molecule has 1 saturated carbocycles. The highest BCUT2D eigenvalue weighted by Crippen LogP contribution is 2.46. The Morgan fingerprint density at radius 1 is 1.21 bits per heavy atom. The summed E-state index contributed by atoms with van der Waals surface area (Å²) in [5, 5.41) is 11.0. The number of benzene rings is 1. The monoisotopic (exact) mass is 522 g/mol. The van der Waals surface area contributed by atoms with Gasteiger partial charge in [-0.25, -0.2) is 4.39 Å². The van der Waals surface area contributed by atoms with E-state index in [2.05, 4.69) is 6.58 Å². The number of aryl methyl sites for hydroxylation is 1. The highest BCUT2D eigenvalue weighted by molar-refractivity contribution is 6.04. The van der Waals surface area contributed by atoms with E-state index in [-0.39, 0.29) is 67.4 Å². The number of likely N-dealkylation sites (N-methyl/N-ethyl adjacent to an activating group) is 1. The van der Waals surface area contributed by atoms with Gasteiger partial charge in [-0.1, -0.05) is 18.7 Å². The first-order valence-electron chi connectivity index (χ1n) is 12.8. The van der Waals surface area contributed by atoms with E-state index in [0.717, 1.165) is 18.4 Å². The van der Waals surface area contributed by atoms with Gasteiger partial charge in [0, 0.05) is 44.4 Å². The lowest BCUT2D eigenvalue weighted by Crippen LogP contribution is -2.40. The molecule has 2 aromatic rings. The molecule has 1 aromatic heterocycles. The molecule has 200 valence electrons. The Bertz CT molecular complexity index is 1440. The number of aromatic nitrogens is 1. The Kier molecular flexibility index (Phi) is 6.36. The van der Waals surface area contributed by atoms with Gasteiger partial charge in [-0.05, 0) is 56.2 Å². The van der Waals surface area contributed by atoms with Crippen LogP contribution in [-0.2, 0) is 17.8 Å². The SMILES string of the molecule is C=C(C)C(=O)N(C)CCN1C(=O)c2c3c(c(O)c(=O)n2C1C1CC1)C(=O)N(Cc1ccc(F)c(C)c1)CC3. The van der Waals surface area contributed by atoms with Gasteiger partial charge in [-0.15, -0.1) is 0 Å². The van der Waals surface area contributed by atoms with E-state index in [4.69, 9.17) is 0 Å². The Balaban J connectivity index is 1.48. The number of pyridine rings is 1. The molecular weight excluding hydrogens is 491 g/mol. The van der Waals surface area contributed by atoms with Crippen LogP contribution in [0.25, 0.3) is 0 Å². The number of hydrogen-bond donors (Lipinski definition) is 1. The molecule has 3 heterocycles. The summed E-state index contributed by atoms with van der Waals surface area (Å²) in [5.74, 6) is -2.06. The van der Waals surface area contributed by atoms with Crippen LogP contribution >= 0.6 is 0 Å². The van der Waals surface area contributed by atoms with Gasteiger partial charge in [0.25, 0.3) is 17.4 Å². The highest BCUT2D eigenvalue weighted by Gasteiger charge is 2.49. The molecule has 1 atom stereocenters. The summed E-state index contributed by atoms with van der Waals surface area (Å²) in [4.78, 5) is 57.5. The minimum absolute atomic E-state index is 0.0648. The summed E-state index contributed by atoms with van der Waals surface area (Å²) in [7, 11) is 1.63. The van der Waals surface area contributed by atoms with E-state index in [1.165, 1.54) is 20.4 Å². The predicted molar refractivity (Wildman–Crippen MR) is 137 cm³/mol. The summed E-state index contributed by atoms with van der Waals surface area (Å²) in [6, 6.07) is 4.60. The maximum atomic E-state index is 13.7. The molecule has 1 aromatic carbocycles. The van der Waals surface area contributed by atoms with Crippen molar-refractivity contribution in [3.8, 4) is 5.75 Å². The maximum absolute atomic E-state index is 13.7. The van der Waals surface area contributed by atoms with Crippen LogP contribution in [0.5, 0.6) is 5.75 Å². The average Bonchev–Trinajstić information content (AvgIpc) is 3.67. The second-order valence-electron chi connectivity index (χ2n) is 10.5. The normalized spacial score (nSPS) is 18.5. The largest absolute Gasteiger partial charge is 0.502 e. The van der Waals surface area contributed by atoms with Gasteiger partial charge in [0.15, 0.2) is 5.75 Å². The summed E-state index contributed by atoms with van der Waals surface area (Å²) in [6.45, 7) is 7.86.